The van der Waals surface area contributed by atoms with E-state index in [1.54, 1.807) is 0 Å². The zero-order valence-electron chi connectivity index (χ0n) is 21.2. The summed E-state index contributed by atoms with van der Waals surface area (Å²) >= 11 is 0. The van der Waals surface area contributed by atoms with Crippen molar-refractivity contribution < 1.29 is 23.8 Å². The van der Waals surface area contributed by atoms with Gasteiger partial charge in [-0.1, -0.05) is 50.2 Å². The zero-order valence-corrected chi connectivity index (χ0v) is 21.2. The average molecular weight is 489 g/mol. The van der Waals surface area contributed by atoms with Gasteiger partial charge >= 0.3 is 11.9 Å². The molecule has 0 saturated heterocycles. The Kier molecular flexibility index (Phi) is 7.90. The number of hydrogen-bond donors (Lipinski definition) is 0. The minimum absolute atomic E-state index is 0.185. The van der Waals surface area contributed by atoms with E-state index in [2.05, 4.69) is 9.13 Å². The number of nitrogens with zero attached hydrogens (tertiary/aromatic N) is 2. The first-order valence-electron chi connectivity index (χ1n) is 12.3. The predicted molar refractivity (Wildman–Crippen MR) is 142 cm³/mol. The molecule has 0 N–H and O–H groups in total. The Morgan fingerprint density at radius 1 is 0.722 bits per heavy atom. The van der Waals surface area contributed by atoms with Gasteiger partial charge in [0.25, 0.3) is 0 Å². The highest BCUT2D eigenvalue weighted by Crippen LogP contribution is 2.37. The molecular weight excluding hydrogens is 456 g/mol. The summed E-state index contributed by atoms with van der Waals surface area (Å²) < 4.78 is 20.5. The molecule has 0 aliphatic carbocycles. The van der Waals surface area contributed by atoms with Crippen molar-refractivity contribution in [2.45, 2.75) is 33.4 Å². The molecule has 188 valence electrons. The molecule has 1 aliphatic heterocycles. The molecule has 1 aliphatic rings. The van der Waals surface area contributed by atoms with E-state index in [9.17, 15) is 9.59 Å². The number of fused-ring (bicyclic) bond motifs is 10. The first kappa shape index (κ1) is 25.3. The number of rotatable bonds is 2. The van der Waals surface area contributed by atoms with Crippen LogP contribution >= 0.6 is 0 Å². The lowest BCUT2D eigenvalue weighted by molar-refractivity contribution is -0.135. The fourth-order valence-corrected chi connectivity index (χ4v) is 4.76. The van der Waals surface area contributed by atoms with Gasteiger partial charge in [0.1, 0.15) is 0 Å². The molecular formula is C29H32N2O5. The van der Waals surface area contributed by atoms with Crippen LogP contribution in [0.1, 0.15) is 31.4 Å². The van der Waals surface area contributed by atoms with Gasteiger partial charge in [-0.3, -0.25) is 0 Å². The van der Waals surface area contributed by atoms with Crippen LogP contribution in [0, 0.1) is 0 Å². The SMILES string of the molecule is CC.COC(=O)/C1=C(\C(=O)OC)c2cn(c3ccccc23)CCOCCCn2cc1c1ccccc12. The number of benzene rings is 2. The van der Waals surface area contributed by atoms with Crippen LogP contribution in [-0.2, 0) is 36.9 Å². The Balaban J connectivity index is 0.00000148. The van der Waals surface area contributed by atoms with Gasteiger partial charge < -0.3 is 23.3 Å². The van der Waals surface area contributed by atoms with Gasteiger partial charge in [-0.2, -0.15) is 0 Å². The highest BCUT2D eigenvalue weighted by Gasteiger charge is 2.30. The summed E-state index contributed by atoms with van der Waals surface area (Å²) in [5.41, 5.74) is 3.56. The molecule has 0 fully saturated rings. The van der Waals surface area contributed by atoms with E-state index in [1.807, 2.05) is 74.8 Å². The quantitative estimate of drug-likeness (QED) is 0.358. The number of carbonyl (C=O) groups is 2. The van der Waals surface area contributed by atoms with E-state index in [0.717, 1.165) is 34.8 Å². The maximum absolute atomic E-state index is 13.3. The third kappa shape index (κ3) is 4.54. The van der Waals surface area contributed by atoms with Crippen molar-refractivity contribution in [1.82, 2.24) is 9.13 Å². The number of aromatic nitrogens is 2. The molecule has 0 spiro atoms. The monoisotopic (exact) mass is 488 g/mol. The summed E-state index contributed by atoms with van der Waals surface area (Å²) in [6.45, 7) is 6.50. The van der Waals surface area contributed by atoms with Crippen molar-refractivity contribution in [3.05, 3.63) is 72.1 Å². The number of esters is 2. The Hall–Kier alpha value is -3.84. The molecule has 2 aromatic heterocycles. The van der Waals surface area contributed by atoms with E-state index in [0.29, 0.717) is 30.9 Å². The lowest BCUT2D eigenvalue weighted by Crippen LogP contribution is -2.13. The van der Waals surface area contributed by atoms with Crippen LogP contribution in [0.25, 0.3) is 33.0 Å². The topological polar surface area (TPSA) is 71.7 Å². The molecule has 7 nitrogen and oxygen atoms in total. The second-order valence-corrected chi connectivity index (χ2v) is 8.21. The molecule has 5 rings (SSSR count). The Labute approximate surface area is 210 Å². The maximum Gasteiger partial charge on any atom is 0.339 e. The van der Waals surface area contributed by atoms with Crippen molar-refractivity contribution in [3.8, 4) is 0 Å². The van der Waals surface area contributed by atoms with Crippen molar-refractivity contribution in [1.29, 1.82) is 0 Å². The Bertz CT molecular complexity index is 1320. The van der Waals surface area contributed by atoms with Gasteiger partial charge in [-0.05, 0) is 18.6 Å². The van der Waals surface area contributed by atoms with Gasteiger partial charge in [0.2, 0.25) is 0 Å². The third-order valence-corrected chi connectivity index (χ3v) is 6.31. The van der Waals surface area contributed by atoms with Crippen LogP contribution in [0.15, 0.2) is 60.9 Å². The lowest BCUT2D eigenvalue weighted by atomic mass is 9.94. The molecule has 4 bridgehead atoms. The smallest absolute Gasteiger partial charge is 0.339 e. The summed E-state index contributed by atoms with van der Waals surface area (Å²) in [6, 6.07) is 15.7. The van der Waals surface area contributed by atoms with Crippen LogP contribution in [0.4, 0.5) is 0 Å². The molecule has 0 saturated carbocycles. The van der Waals surface area contributed by atoms with Crippen LogP contribution in [-0.4, -0.2) is 48.5 Å². The third-order valence-electron chi connectivity index (χ3n) is 6.31. The fourth-order valence-electron chi connectivity index (χ4n) is 4.76. The highest BCUT2D eigenvalue weighted by atomic mass is 16.5. The van der Waals surface area contributed by atoms with E-state index in [1.165, 1.54) is 14.2 Å². The summed E-state index contributed by atoms with van der Waals surface area (Å²) in [4.78, 5) is 26.6. The van der Waals surface area contributed by atoms with Crippen molar-refractivity contribution in [2.24, 2.45) is 0 Å². The van der Waals surface area contributed by atoms with Crippen molar-refractivity contribution in [2.75, 3.05) is 27.4 Å². The predicted octanol–water partition coefficient (Wildman–Crippen LogP) is 5.30. The summed E-state index contributed by atoms with van der Waals surface area (Å²) in [6.07, 6.45) is 4.63. The molecule has 36 heavy (non-hydrogen) atoms. The normalized spacial score (nSPS) is 16.1. The minimum Gasteiger partial charge on any atom is -0.465 e. The minimum atomic E-state index is -0.594. The number of para-hydroxylation sites is 2. The molecule has 7 heteroatoms. The maximum atomic E-state index is 13.3. The van der Waals surface area contributed by atoms with Gasteiger partial charge in [0.15, 0.2) is 0 Å². The number of hydrogen-bond acceptors (Lipinski definition) is 5. The number of methoxy groups -OCH3 is 2. The first-order valence-corrected chi connectivity index (χ1v) is 12.3. The first-order chi connectivity index (χ1) is 17.6. The molecule has 2 aromatic carbocycles. The van der Waals surface area contributed by atoms with E-state index in [-0.39, 0.29) is 11.1 Å². The number of carbonyl (C=O) groups excluding carboxylic acids is 2. The summed E-state index contributed by atoms with van der Waals surface area (Å²) in [7, 11) is 2.65. The fraction of sp³-hybridized carbons (Fsp3) is 0.310. The van der Waals surface area contributed by atoms with E-state index in [4.69, 9.17) is 14.2 Å². The van der Waals surface area contributed by atoms with E-state index < -0.39 is 11.9 Å². The van der Waals surface area contributed by atoms with Crippen LogP contribution in [0.3, 0.4) is 0 Å². The molecule has 0 unspecified atom stereocenters. The average Bonchev–Trinajstić information content (AvgIpc) is 3.47. The molecule has 0 atom stereocenters. The second-order valence-electron chi connectivity index (χ2n) is 8.21. The summed E-state index contributed by atoms with van der Waals surface area (Å²) in [5.74, 6) is -1.18. The lowest BCUT2D eigenvalue weighted by Gasteiger charge is -2.12. The zero-order chi connectivity index (χ0) is 25.7. The van der Waals surface area contributed by atoms with Gasteiger partial charge in [0, 0.05) is 65.0 Å². The van der Waals surface area contributed by atoms with Gasteiger partial charge in [0.05, 0.1) is 32.0 Å². The van der Waals surface area contributed by atoms with Crippen molar-refractivity contribution in [3.63, 3.8) is 0 Å². The van der Waals surface area contributed by atoms with Gasteiger partial charge in [-0.15, -0.1) is 0 Å². The number of aryl methyl sites for hydroxylation is 1. The number of ether oxygens (including phenoxy) is 3. The highest BCUT2D eigenvalue weighted by molar-refractivity contribution is 6.40. The van der Waals surface area contributed by atoms with Crippen LogP contribution in [0.2, 0.25) is 0 Å². The van der Waals surface area contributed by atoms with Crippen LogP contribution in [0.5, 0.6) is 0 Å². The standard InChI is InChI=1S/C27H26N2O5.C2H6/c1-32-26(30)24-20-16-28(22-10-5-3-8-18(20)22)12-7-14-34-15-13-29-17-21(25(24)27(31)33-2)19-9-4-6-11-23(19)29;1-2/h3-6,8-11,16-17H,7,12-15H2,1-2H3;1-2H3/b25-24-;. The molecule has 0 amide bonds. The molecule has 4 aromatic rings. The van der Waals surface area contributed by atoms with Gasteiger partial charge in [-0.25, -0.2) is 9.59 Å². The Morgan fingerprint density at radius 2 is 1.19 bits per heavy atom. The Morgan fingerprint density at radius 3 is 1.69 bits per heavy atom. The summed E-state index contributed by atoms with van der Waals surface area (Å²) in [5, 5.41) is 1.71. The largest absolute Gasteiger partial charge is 0.465 e. The second kappa shape index (κ2) is 11.3. The molecule has 0 radical (unpaired) electrons. The molecule has 3 heterocycles. The van der Waals surface area contributed by atoms with E-state index >= 15 is 0 Å². The van der Waals surface area contributed by atoms with Crippen LogP contribution < -0.4 is 0 Å². The van der Waals surface area contributed by atoms with Crippen molar-refractivity contribution >= 4 is 44.9 Å².